The van der Waals surface area contributed by atoms with Gasteiger partial charge in [0.25, 0.3) is 0 Å². The molecule has 1 atom stereocenters. The van der Waals surface area contributed by atoms with Crippen LogP contribution >= 0.6 is 0 Å². The van der Waals surface area contributed by atoms with Crippen LogP contribution in [0.5, 0.6) is 5.75 Å². The second kappa shape index (κ2) is 14.2. The molecule has 2 fully saturated rings. The minimum atomic E-state index is -3.08. The quantitative estimate of drug-likeness (QED) is 0.133. The van der Waals surface area contributed by atoms with Crippen LogP contribution in [0.2, 0.25) is 0 Å². The molecular weight excluding hydrogens is 708 g/mol. The molecule has 8 rings (SSSR count). The number of aliphatic carboxylic acids is 1. The number of hydrogen-bond acceptors (Lipinski definition) is 10. The predicted octanol–water partition coefficient (Wildman–Crippen LogP) is 7.92. The number of benzene rings is 4. The van der Waals surface area contributed by atoms with E-state index in [9.17, 15) is 29.1 Å². The van der Waals surface area contributed by atoms with Crippen molar-refractivity contribution in [3.05, 3.63) is 88.5 Å². The molecule has 0 aliphatic carbocycles. The van der Waals surface area contributed by atoms with Gasteiger partial charge in [-0.1, -0.05) is 31.2 Å². The second-order valence-electron chi connectivity index (χ2n) is 15.0. The van der Waals surface area contributed by atoms with Gasteiger partial charge in [0, 0.05) is 54.4 Å². The number of hydrogen-bond donors (Lipinski definition) is 2. The number of halogens is 2. The highest BCUT2D eigenvalue weighted by Gasteiger charge is 2.38. The van der Waals surface area contributed by atoms with Gasteiger partial charge in [-0.15, -0.1) is 0 Å². The zero-order valence-corrected chi connectivity index (χ0v) is 30.6. The number of aliphatic hydroxyl groups is 1. The molecule has 0 spiro atoms. The standard InChI is InChI=1S/C42H39F2N5O6/c1-23-28(7-4-9-30(23)38-46-32-15-27(19-49-12-6-11-34(49)40(51)52)35(54-41(43)44)16-36(32)53-38)29-8-5-10-31(24(29)2)39-47-33-14-25(13-26(17-45)37(33)55-39)18-48-20-42(3,21-48)22-50/h4-5,7-10,13-16,34,41,50H,6,11-12,18-22H2,1-3H3,(H,51,52)/t34-/m0/s1. The van der Waals surface area contributed by atoms with Gasteiger partial charge < -0.3 is 23.8 Å². The number of nitriles is 1. The van der Waals surface area contributed by atoms with E-state index in [-0.39, 0.29) is 29.9 Å². The Morgan fingerprint density at radius 3 is 2.27 bits per heavy atom. The monoisotopic (exact) mass is 747 g/mol. The van der Waals surface area contributed by atoms with E-state index in [1.807, 2.05) is 62.4 Å². The van der Waals surface area contributed by atoms with Gasteiger partial charge >= 0.3 is 12.6 Å². The molecular formula is C42H39F2N5O6. The first-order valence-corrected chi connectivity index (χ1v) is 18.2. The number of aromatic nitrogens is 2. The fourth-order valence-electron chi connectivity index (χ4n) is 8.16. The van der Waals surface area contributed by atoms with Gasteiger partial charge in [-0.3, -0.25) is 14.6 Å². The zero-order chi connectivity index (χ0) is 38.6. The Kier molecular flexibility index (Phi) is 9.37. The van der Waals surface area contributed by atoms with Gasteiger partial charge in [-0.25, -0.2) is 9.97 Å². The lowest BCUT2D eigenvalue weighted by Gasteiger charge is -2.47. The molecule has 2 N–H and O–H groups in total. The largest absolute Gasteiger partial charge is 0.480 e. The summed E-state index contributed by atoms with van der Waals surface area (Å²) in [7, 11) is 0. The third-order valence-electron chi connectivity index (χ3n) is 10.9. The Hall–Kier alpha value is -5.68. The number of rotatable bonds is 11. The van der Waals surface area contributed by atoms with Crippen molar-refractivity contribution in [2.45, 2.75) is 59.4 Å². The molecule has 0 saturated carbocycles. The minimum absolute atomic E-state index is 0.0850. The van der Waals surface area contributed by atoms with Crippen molar-refractivity contribution in [1.82, 2.24) is 19.8 Å². The van der Waals surface area contributed by atoms with E-state index in [0.29, 0.717) is 71.0 Å². The molecule has 2 saturated heterocycles. The Morgan fingerprint density at radius 1 is 0.982 bits per heavy atom. The normalized spacial score (nSPS) is 17.2. The van der Waals surface area contributed by atoms with Gasteiger partial charge in [0.1, 0.15) is 28.9 Å². The Bertz CT molecular complexity index is 2500. The maximum atomic E-state index is 13.5. The maximum Gasteiger partial charge on any atom is 0.387 e. The van der Waals surface area contributed by atoms with E-state index < -0.39 is 18.6 Å². The SMILES string of the molecule is Cc1c(-c2nc3cc(CN4CCC[C@H]4C(=O)O)c(OC(F)F)cc3o2)cccc1-c1cccc(-c2nc3cc(CN4CC(C)(CO)C4)cc(C#N)c3o2)c1C. The summed E-state index contributed by atoms with van der Waals surface area (Å²) in [6.07, 6.45) is 1.18. The Labute approximate surface area is 315 Å². The Balaban J connectivity index is 1.11. The van der Waals surface area contributed by atoms with Gasteiger partial charge in [0.2, 0.25) is 11.8 Å². The smallest absolute Gasteiger partial charge is 0.387 e. The lowest BCUT2D eigenvalue weighted by molar-refractivity contribution is -0.142. The molecule has 0 radical (unpaired) electrons. The first kappa shape index (κ1) is 36.3. The third kappa shape index (κ3) is 6.82. The van der Waals surface area contributed by atoms with Crippen molar-refractivity contribution in [2.75, 3.05) is 26.2 Å². The van der Waals surface area contributed by atoms with E-state index in [4.69, 9.17) is 23.5 Å². The van der Waals surface area contributed by atoms with Crippen LogP contribution in [0.1, 0.15) is 47.6 Å². The summed E-state index contributed by atoms with van der Waals surface area (Å²) in [6, 6.07) is 20.0. The van der Waals surface area contributed by atoms with Crippen molar-refractivity contribution in [3.8, 4) is 45.9 Å². The first-order valence-electron chi connectivity index (χ1n) is 18.2. The highest BCUT2D eigenvalue weighted by molar-refractivity contribution is 5.86. The van der Waals surface area contributed by atoms with Crippen LogP contribution in [0, 0.1) is 30.6 Å². The number of fused-ring (bicyclic) bond motifs is 2. The molecule has 11 nitrogen and oxygen atoms in total. The molecule has 0 unspecified atom stereocenters. The third-order valence-corrected chi connectivity index (χ3v) is 10.9. The summed E-state index contributed by atoms with van der Waals surface area (Å²) in [6.45, 7) is 5.91. The van der Waals surface area contributed by atoms with Gasteiger partial charge in [0.15, 0.2) is 11.2 Å². The minimum Gasteiger partial charge on any atom is -0.480 e. The molecule has 4 aromatic carbocycles. The van der Waals surface area contributed by atoms with Crippen LogP contribution in [0.25, 0.3) is 56.2 Å². The van der Waals surface area contributed by atoms with Crippen molar-refractivity contribution >= 4 is 28.2 Å². The number of ether oxygens (including phenoxy) is 1. The number of oxazole rings is 2. The highest BCUT2D eigenvalue weighted by atomic mass is 19.3. The summed E-state index contributed by atoms with van der Waals surface area (Å²) in [5.74, 6) is -0.338. The number of aliphatic hydroxyl groups excluding tert-OH is 1. The van der Waals surface area contributed by atoms with Crippen LogP contribution < -0.4 is 4.74 Å². The van der Waals surface area contributed by atoms with Crippen molar-refractivity contribution in [1.29, 1.82) is 5.26 Å². The summed E-state index contributed by atoms with van der Waals surface area (Å²) in [5, 5.41) is 29.3. The summed E-state index contributed by atoms with van der Waals surface area (Å²) in [4.78, 5) is 25.4. The zero-order valence-electron chi connectivity index (χ0n) is 30.6. The molecule has 13 heteroatoms. The van der Waals surface area contributed by atoms with E-state index in [1.165, 1.54) is 6.07 Å². The topological polar surface area (TPSA) is 149 Å². The number of carboxylic acid groups (broad SMARTS) is 1. The van der Waals surface area contributed by atoms with E-state index in [2.05, 4.69) is 17.9 Å². The molecule has 2 aliphatic heterocycles. The van der Waals surface area contributed by atoms with E-state index in [1.54, 1.807) is 11.0 Å². The molecule has 2 aromatic heterocycles. The average molecular weight is 748 g/mol. The first-order chi connectivity index (χ1) is 26.4. The van der Waals surface area contributed by atoms with Crippen molar-refractivity contribution in [3.63, 3.8) is 0 Å². The van der Waals surface area contributed by atoms with Crippen molar-refractivity contribution in [2.24, 2.45) is 5.41 Å². The highest BCUT2D eigenvalue weighted by Crippen LogP contribution is 2.40. The number of carbonyl (C=O) groups is 1. The summed E-state index contributed by atoms with van der Waals surface area (Å²) in [5.41, 5.74) is 8.49. The fraction of sp³-hybridized carbons (Fsp3) is 0.333. The van der Waals surface area contributed by atoms with Gasteiger partial charge in [0.05, 0.1) is 12.2 Å². The van der Waals surface area contributed by atoms with Crippen LogP contribution in [0.15, 0.2) is 69.5 Å². The summed E-state index contributed by atoms with van der Waals surface area (Å²) < 4.78 is 44.3. The fourth-order valence-corrected chi connectivity index (χ4v) is 8.16. The van der Waals surface area contributed by atoms with Gasteiger partial charge in [-0.05, 0) is 91.4 Å². The molecule has 55 heavy (non-hydrogen) atoms. The number of carboxylic acids is 1. The van der Waals surface area contributed by atoms with E-state index in [0.717, 1.165) is 46.5 Å². The molecule has 2 aliphatic rings. The Morgan fingerprint density at radius 2 is 1.64 bits per heavy atom. The van der Waals surface area contributed by atoms with Crippen LogP contribution in [0.3, 0.4) is 0 Å². The number of alkyl halides is 2. The maximum absolute atomic E-state index is 13.5. The predicted molar refractivity (Wildman–Crippen MR) is 200 cm³/mol. The van der Waals surface area contributed by atoms with Gasteiger partial charge in [-0.2, -0.15) is 14.0 Å². The molecule has 0 amide bonds. The van der Waals surface area contributed by atoms with Crippen molar-refractivity contribution < 1.29 is 37.4 Å². The molecule has 0 bridgehead atoms. The number of nitrogens with zero attached hydrogens (tertiary/aromatic N) is 5. The number of likely N-dealkylation sites (tertiary alicyclic amines) is 2. The molecule has 6 aromatic rings. The molecule has 282 valence electrons. The second-order valence-corrected chi connectivity index (χ2v) is 15.0. The molecule has 4 heterocycles. The van der Waals surface area contributed by atoms with E-state index >= 15 is 0 Å². The van der Waals surface area contributed by atoms with Crippen LogP contribution in [-0.4, -0.2) is 74.8 Å². The average Bonchev–Trinajstić information content (AvgIpc) is 3.89. The lowest BCUT2D eigenvalue weighted by Crippen LogP contribution is -2.55. The summed E-state index contributed by atoms with van der Waals surface area (Å²) >= 11 is 0. The van der Waals surface area contributed by atoms with Crippen LogP contribution in [-0.2, 0) is 17.9 Å². The van der Waals surface area contributed by atoms with Crippen LogP contribution in [0.4, 0.5) is 8.78 Å². The lowest BCUT2D eigenvalue weighted by atomic mass is 9.82.